The Morgan fingerprint density at radius 3 is 2.67 bits per heavy atom. The van der Waals surface area contributed by atoms with E-state index in [0.717, 1.165) is 0 Å². The fourth-order valence-electron chi connectivity index (χ4n) is 2.03. The number of sulfonamides is 1. The molecule has 0 aliphatic rings. The number of aromatic nitrogens is 2. The summed E-state index contributed by atoms with van der Waals surface area (Å²) in [5.74, 6) is 0.716. The van der Waals surface area contributed by atoms with E-state index in [2.05, 4.69) is 16.8 Å². The van der Waals surface area contributed by atoms with Gasteiger partial charge in [-0.2, -0.15) is 4.31 Å². The second kappa shape index (κ2) is 8.15. The average Bonchev–Trinajstić information content (AvgIpc) is 3.03. The summed E-state index contributed by atoms with van der Waals surface area (Å²) in [4.78, 5) is 0.199. The quantitative estimate of drug-likeness (QED) is 0.644. The molecule has 0 saturated heterocycles. The summed E-state index contributed by atoms with van der Waals surface area (Å²) < 4.78 is 32.1. The lowest BCUT2D eigenvalue weighted by atomic mass is 10.2. The largest absolute Gasteiger partial charge is 0.411 e. The molecule has 0 fully saturated rings. The van der Waals surface area contributed by atoms with E-state index in [9.17, 15) is 8.42 Å². The third kappa shape index (κ3) is 4.38. The average molecular weight is 388 g/mol. The van der Waals surface area contributed by atoms with Gasteiger partial charge >= 0.3 is 0 Å². The van der Waals surface area contributed by atoms with Crippen LogP contribution in [0.25, 0.3) is 11.5 Å². The van der Waals surface area contributed by atoms with Crippen LogP contribution in [0.1, 0.15) is 13.8 Å². The van der Waals surface area contributed by atoms with Crippen molar-refractivity contribution in [2.75, 3.05) is 18.8 Å². The van der Waals surface area contributed by atoms with Crippen LogP contribution in [0.3, 0.4) is 0 Å². The topological polar surface area (TPSA) is 76.3 Å². The van der Waals surface area contributed by atoms with Gasteiger partial charge < -0.3 is 4.42 Å². The van der Waals surface area contributed by atoms with Gasteiger partial charge in [-0.1, -0.05) is 49.9 Å². The minimum atomic E-state index is -3.54. The maximum atomic E-state index is 12.6. The highest BCUT2D eigenvalue weighted by Gasteiger charge is 2.22. The van der Waals surface area contributed by atoms with Crippen LogP contribution in [0.15, 0.2) is 50.4 Å². The molecule has 0 saturated carbocycles. The van der Waals surface area contributed by atoms with Crippen molar-refractivity contribution in [3.8, 4) is 11.5 Å². The molecular weight excluding hydrogens is 370 g/mol. The SMILES string of the molecule is C=C(Cl)CSc1nnc(-c2cccc(S(=O)(=O)N(CC)CC)c2)o1. The molecular formula is C15H18ClN3O3S2. The van der Waals surface area contributed by atoms with Gasteiger partial charge in [0, 0.05) is 29.4 Å². The second-order valence-electron chi connectivity index (χ2n) is 4.80. The van der Waals surface area contributed by atoms with Crippen molar-refractivity contribution < 1.29 is 12.8 Å². The Kier molecular flexibility index (Phi) is 6.45. The summed E-state index contributed by atoms with van der Waals surface area (Å²) >= 11 is 6.97. The molecule has 1 heterocycles. The molecule has 0 bridgehead atoms. The Labute approximate surface area is 151 Å². The van der Waals surface area contributed by atoms with Crippen LogP contribution in [0, 0.1) is 0 Å². The predicted octanol–water partition coefficient (Wildman–Crippen LogP) is 3.61. The number of hydrogen-bond donors (Lipinski definition) is 0. The first-order chi connectivity index (χ1) is 11.4. The van der Waals surface area contributed by atoms with Crippen LogP contribution < -0.4 is 0 Å². The normalized spacial score (nSPS) is 11.8. The summed E-state index contributed by atoms with van der Waals surface area (Å²) in [5.41, 5.74) is 0.548. The number of halogens is 1. The Morgan fingerprint density at radius 1 is 1.33 bits per heavy atom. The van der Waals surface area contributed by atoms with Crippen LogP contribution in [0.5, 0.6) is 0 Å². The molecule has 6 nitrogen and oxygen atoms in total. The fourth-order valence-corrected chi connectivity index (χ4v) is 4.21. The molecule has 0 N–H and O–H groups in total. The van der Waals surface area contributed by atoms with E-state index in [1.165, 1.54) is 22.1 Å². The van der Waals surface area contributed by atoms with Gasteiger partial charge in [-0.15, -0.1) is 10.2 Å². The lowest BCUT2D eigenvalue weighted by Crippen LogP contribution is -2.30. The molecule has 0 atom stereocenters. The monoisotopic (exact) mass is 387 g/mol. The third-order valence-electron chi connectivity index (χ3n) is 3.18. The highest BCUT2D eigenvalue weighted by atomic mass is 35.5. The lowest BCUT2D eigenvalue weighted by Gasteiger charge is -2.18. The predicted molar refractivity (Wildman–Crippen MR) is 95.6 cm³/mol. The van der Waals surface area contributed by atoms with Crippen LogP contribution in [0.4, 0.5) is 0 Å². The van der Waals surface area contributed by atoms with Crippen molar-refractivity contribution in [1.82, 2.24) is 14.5 Å². The Bertz CT molecular complexity index is 817. The second-order valence-corrected chi connectivity index (χ2v) is 8.20. The van der Waals surface area contributed by atoms with Gasteiger partial charge in [0.1, 0.15) is 0 Å². The zero-order chi connectivity index (χ0) is 17.7. The summed E-state index contributed by atoms with van der Waals surface area (Å²) in [7, 11) is -3.54. The van der Waals surface area contributed by atoms with Gasteiger partial charge in [0.05, 0.1) is 4.90 Å². The maximum absolute atomic E-state index is 12.6. The molecule has 0 amide bonds. The molecule has 0 unspecified atom stereocenters. The third-order valence-corrected chi connectivity index (χ3v) is 6.43. The molecule has 24 heavy (non-hydrogen) atoms. The van der Waals surface area contributed by atoms with E-state index in [4.69, 9.17) is 16.0 Å². The number of rotatable bonds is 8. The van der Waals surface area contributed by atoms with E-state index in [0.29, 0.717) is 34.7 Å². The van der Waals surface area contributed by atoms with Crippen LogP contribution in [-0.4, -0.2) is 41.8 Å². The van der Waals surface area contributed by atoms with Gasteiger partial charge in [-0.3, -0.25) is 0 Å². The van der Waals surface area contributed by atoms with Gasteiger partial charge in [0.15, 0.2) is 0 Å². The first-order valence-corrected chi connectivity index (χ1v) is 10.1. The van der Waals surface area contributed by atoms with Crippen molar-refractivity contribution in [2.24, 2.45) is 0 Å². The molecule has 0 radical (unpaired) electrons. The lowest BCUT2D eigenvalue weighted by molar-refractivity contribution is 0.445. The van der Waals surface area contributed by atoms with Crippen molar-refractivity contribution in [2.45, 2.75) is 24.0 Å². The molecule has 1 aromatic carbocycles. The Morgan fingerprint density at radius 2 is 2.04 bits per heavy atom. The maximum Gasteiger partial charge on any atom is 0.277 e. The van der Waals surface area contributed by atoms with Gasteiger partial charge in [0.2, 0.25) is 15.9 Å². The molecule has 0 spiro atoms. The van der Waals surface area contributed by atoms with E-state index < -0.39 is 10.0 Å². The first-order valence-electron chi connectivity index (χ1n) is 7.28. The summed E-state index contributed by atoms with van der Waals surface area (Å²) in [6, 6.07) is 6.48. The minimum Gasteiger partial charge on any atom is -0.411 e. The van der Waals surface area contributed by atoms with Crippen LogP contribution >= 0.6 is 23.4 Å². The van der Waals surface area contributed by atoms with Crippen molar-refractivity contribution in [1.29, 1.82) is 0 Å². The highest BCUT2D eigenvalue weighted by Crippen LogP contribution is 2.27. The highest BCUT2D eigenvalue weighted by molar-refractivity contribution is 7.99. The number of thioether (sulfide) groups is 1. The standard InChI is InChI=1S/C15H18ClN3O3S2/c1-4-19(5-2)24(20,21)13-8-6-7-12(9-13)14-17-18-15(22-14)23-10-11(3)16/h6-9H,3-5,10H2,1-2H3. The summed E-state index contributed by atoms with van der Waals surface area (Å²) in [5, 5.41) is 8.69. The van der Waals surface area contributed by atoms with E-state index in [1.54, 1.807) is 32.0 Å². The summed E-state index contributed by atoms with van der Waals surface area (Å²) in [6.45, 7) is 8.01. The first kappa shape index (κ1) is 19.0. The number of nitrogens with zero attached hydrogens (tertiary/aromatic N) is 3. The van der Waals surface area contributed by atoms with Gasteiger partial charge in [-0.05, 0) is 18.2 Å². The van der Waals surface area contributed by atoms with E-state index in [1.807, 2.05) is 0 Å². The molecule has 2 rings (SSSR count). The molecule has 0 aliphatic carbocycles. The number of hydrogen-bond acceptors (Lipinski definition) is 6. The van der Waals surface area contributed by atoms with Crippen molar-refractivity contribution in [3.05, 3.63) is 35.9 Å². The number of benzene rings is 1. The van der Waals surface area contributed by atoms with E-state index in [-0.39, 0.29) is 10.8 Å². The molecule has 130 valence electrons. The van der Waals surface area contributed by atoms with Gasteiger partial charge in [0.25, 0.3) is 5.22 Å². The molecule has 2 aromatic rings. The Hall–Kier alpha value is -1.35. The van der Waals surface area contributed by atoms with Gasteiger partial charge in [-0.25, -0.2) is 8.42 Å². The van der Waals surface area contributed by atoms with Crippen molar-refractivity contribution in [3.63, 3.8) is 0 Å². The zero-order valence-corrected chi connectivity index (χ0v) is 15.8. The molecule has 1 aromatic heterocycles. The summed E-state index contributed by atoms with van der Waals surface area (Å²) in [6.07, 6.45) is 0. The Balaban J connectivity index is 2.29. The minimum absolute atomic E-state index is 0.199. The zero-order valence-electron chi connectivity index (χ0n) is 13.4. The van der Waals surface area contributed by atoms with E-state index >= 15 is 0 Å². The van der Waals surface area contributed by atoms with Crippen LogP contribution in [-0.2, 0) is 10.0 Å². The molecule has 0 aliphatic heterocycles. The fraction of sp³-hybridized carbons (Fsp3) is 0.333. The van der Waals surface area contributed by atoms with Crippen molar-refractivity contribution >= 4 is 33.4 Å². The molecule has 9 heteroatoms. The van der Waals surface area contributed by atoms with Crippen LogP contribution in [0.2, 0.25) is 0 Å². The smallest absolute Gasteiger partial charge is 0.277 e.